The predicted octanol–water partition coefficient (Wildman–Crippen LogP) is 2.73. The van der Waals surface area contributed by atoms with Gasteiger partial charge < -0.3 is 9.64 Å². The second-order valence-corrected chi connectivity index (χ2v) is 7.30. The minimum atomic E-state index is 0.279. The third-order valence-corrected chi connectivity index (χ3v) is 5.01. The number of ether oxygens (including phenoxy) is 1. The average Bonchev–Trinajstić information content (AvgIpc) is 2.92. The van der Waals surface area contributed by atoms with Crippen molar-refractivity contribution < 1.29 is 9.53 Å². The first kappa shape index (κ1) is 16.5. The summed E-state index contributed by atoms with van der Waals surface area (Å²) in [6, 6.07) is 0.356. The standard InChI is InChI=1S/C18H29N3O2/c1-13(2)21-17-8-10-23-12-15(17)16(19-21)6-7-18(22)20-9-4-5-14(3)11-20/h13-14H,4-12H2,1-3H3. The van der Waals surface area contributed by atoms with Gasteiger partial charge in [-0.15, -0.1) is 0 Å². The summed E-state index contributed by atoms with van der Waals surface area (Å²) in [4.78, 5) is 14.5. The number of hydrogen-bond acceptors (Lipinski definition) is 3. The van der Waals surface area contributed by atoms with Crippen LogP contribution in [0.25, 0.3) is 0 Å². The van der Waals surface area contributed by atoms with Crippen molar-refractivity contribution >= 4 is 5.91 Å². The molecule has 3 rings (SSSR count). The Labute approximate surface area is 139 Å². The number of carbonyl (C=O) groups excluding carboxylic acids is 1. The molecule has 1 fully saturated rings. The van der Waals surface area contributed by atoms with Gasteiger partial charge in [-0.1, -0.05) is 6.92 Å². The smallest absolute Gasteiger partial charge is 0.222 e. The van der Waals surface area contributed by atoms with Crippen LogP contribution in [-0.2, 0) is 29.0 Å². The van der Waals surface area contributed by atoms with E-state index >= 15 is 0 Å². The van der Waals surface area contributed by atoms with Gasteiger partial charge >= 0.3 is 0 Å². The summed E-state index contributed by atoms with van der Waals surface area (Å²) in [5, 5.41) is 4.79. The number of piperidine rings is 1. The van der Waals surface area contributed by atoms with Gasteiger partial charge in [0, 0.05) is 49.7 Å². The van der Waals surface area contributed by atoms with Crippen LogP contribution in [0.3, 0.4) is 0 Å². The third-order valence-electron chi connectivity index (χ3n) is 5.01. The van der Waals surface area contributed by atoms with Crippen molar-refractivity contribution in [1.29, 1.82) is 0 Å². The summed E-state index contributed by atoms with van der Waals surface area (Å²) in [5.41, 5.74) is 3.59. The zero-order chi connectivity index (χ0) is 16.4. The molecule has 2 aliphatic rings. The molecule has 0 N–H and O–H groups in total. The Morgan fingerprint density at radius 3 is 3.00 bits per heavy atom. The molecule has 1 unspecified atom stereocenters. The second-order valence-electron chi connectivity index (χ2n) is 7.30. The van der Waals surface area contributed by atoms with E-state index in [4.69, 9.17) is 9.84 Å². The van der Waals surface area contributed by atoms with Crippen molar-refractivity contribution in [2.75, 3.05) is 19.7 Å². The minimum absolute atomic E-state index is 0.279. The highest BCUT2D eigenvalue weighted by atomic mass is 16.5. The van der Waals surface area contributed by atoms with Crippen LogP contribution in [-0.4, -0.2) is 40.3 Å². The van der Waals surface area contributed by atoms with Crippen LogP contribution >= 0.6 is 0 Å². The van der Waals surface area contributed by atoms with Crippen LogP contribution in [0.2, 0.25) is 0 Å². The van der Waals surface area contributed by atoms with E-state index < -0.39 is 0 Å². The molecular weight excluding hydrogens is 290 g/mol. The fraction of sp³-hybridized carbons (Fsp3) is 0.778. The van der Waals surface area contributed by atoms with Crippen molar-refractivity contribution in [3.63, 3.8) is 0 Å². The Morgan fingerprint density at radius 2 is 2.26 bits per heavy atom. The SMILES string of the molecule is CC1CCCN(C(=O)CCc2nn(C(C)C)c3c2COCC3)C1. The molecule has 0 spiro atoms. The Bertz CT molecular complexity index is 565. The van der Waals surface area contributed by atoms with E-state index in [0.29, 0.717) is 25.0 Å². The van der Waals surface area contributed by atoms with Gasteiger partial charge in [-0.3, -0.25) is 9.48 Å². The Morgan fingerprint density at radius 1 is 1.43 bits per heavy atom. The van der Waals surface area contributed by atoms with E-state index in [1.54, 1.807) is 0 Å². The Balaban J connectivity index is 1.67. The van der Waals surface area contributed by atoms with Crippen LogP contribution in [0.4, 0.5) is 0 Å². The third kappa shape index (κ3) is 3.60. The molecule has 0 radical (unpaired) electrons. The zero-order valence-corrected chi connectivity index (χ0v) is 14.7. The molecule has 1 atom stereocenters. The van der Waals surface area contributed by atoms with Gasteiger partial charge in [0.05, 0.1) is 18.9 Å². The van der Waals surface area contributed by atoms with E-state index in [1.807, 2.05) is 4.90 Å². The number of aromatic nitrogens is 2. The first-order chi connectivity index (χ1) is 11.1. The highest BCUT2D eigenvalue weighted by molar-refractivity contribution is 5.76. The van der Waals surface area contributed by atoms with Crippen molar-refractivity contribution in [1.82, 2.24) is 14.7 Å². The van der Waals surface area contributed by atoms with Crippen LogP contribution in [0, 0.1) is 5.92 Å². The lowest BCUT2D eigenvalue weighted by Gasteiger charge is -2.31. The average molecular weight is 319 g/mol. The second kappa shape index (κ2) is 7.04. The molecule has 1 saturated heterocycles. The number of carbonyl (C=O) groups is 1. The lowest BCUT2D eigenvalue weighted by Crippen LogP contribution is -2.39. The fourth-order valence-electron chi connectivity index (χ4n) is 3.76. The van der Waals surface area contributed by atoms with Crippen LogP contribution in [0.15, 0.2) is 0 Å². The van der Waals surface area contributed by atoms with Gasteiger partial charge in [0.15, 0.2) is 0 Å². The molecule has 3 heterocycles. The van der Waals surface area contributed by atoms with Crippen molar-refractivity contribution in [3.8, 4) is 0 Å². The molecule has 1 aromatic heterocycles. The maximum Gasteiger partial charge on any atom is 0.222 e. The van der Waals surface area contributed by atoms with Gasteiger partial charge in [0.25, 0.3) is 0 Å². The van der Waals surface area contributed by atoms with Gasteiger partial charge in [-0.2, -0.15) is 5.10 Å². The van der Waals surface area contributed by atoms with E-state index in [1.165, 1.54) is 17.7 Å². The normalized spacial score (nSPS) is 21.6. The van der Waals surface area contributed by atoms with Gasteiger partial charge in [-0.05, 0) is 32.6 Å². The molecule has 5 heteroatoms. The molecule has 128 valence electrons. The molecule has 1 amide bonds. The first-order valence-electron chi connectivity index (χ1n) is 9.01. The van der Waals surface area contributed by atoms with E-state index in [2.05, 4.69) is 25.5 Å². The number of aryl methyl sites for hydroxylation is 1. The van der Waals surface area contributed by atoms with Crippen molar-refractivity contribution in [2.24, 2.45) is 5.92 Å². The molecule has 0 bridgehead atoms. The summed E-state index contributed by atoms with van der Waals surface area (Å²) in [6.07, 6.45) is 4.60. The monoisotopic (exact) mass is 319 g/mol. The van der Waals surface area contributed by atoms with Crippen LogP contribution in [0.1, 0.15) is 63.0 Å². The van der Waals surface area contributed by atoms with E-state index in [-0.39, 0.29) is 5.91 Å². The number of fused-ring (bicyclic) bond motifs is 1. The molecular formula is C18H29N3O2. The quantitative estimate of drug-likeness (QED) is 0.857. The van der Waals surface area contributed by atoms with Crippen molar-refractivity contribution in [3.05, 3.63) is 17.0 Å². The van der Waals surface area contributed by atoms with Crippen molar-refractivity contribution in [2.45, 2.75) is 65.5 Å². The van der Waals surface area contributed by atoms with E-state index in [0.717, 1.165) is 44.7 Å². The molecule has 2 aliphatic heterocycles. The summed E-state index contributed by atoms with van der Waals surface area (Å²) in [5.74, 6) is 0.912. The van der Waals surface area contributed by atoms with Crippen LogP contribution in [0.5, 0.6) is 0 Å². The maximum atomic E-state index is 12.5. The summed E-state index contributed by atoms with van der Waals surface area (Å²) >= 11 is 0. The largest absolute Gasteiger partial charge is 0.376 e. The van der Waals surface area contributed by atoms with Gasteiger partial charge in [-0.25, -0.2) is 0 Å². The number of amides is 1. The lowest BCUT2D eigenvalue weighted by molar-refractivity contribution is -0.132. The lowest BCUT2D eigenvalue weighted by atomic mass is 9.99. The van der Waals surface area contributed by atoms with Gasteiger partial charge in [0.2, 0.25) is 5.91 Å². The fourth-order valence-corrected chi connectivity index (χ4v) is 3.76. The number of hydrogen-bond donors (Lipinski definition) is 0. The van der Waals surface area contributed by atoms with E-state index in [9.17, 15) is 4.79 Å². The molecule has 0 aromatic carbocycles. The summed E-state index contributed by atoms with van der Waals surface area (Å²) < 4.78 is 7.74. The molecule has 5 nitrogen and oxygen atoms in total. The number of likely N-dealkylation sites (tertiary alicyclic amines) is 1. The number of nitrogens with zero attached hydrogens (tertiary/aromatic N) is 3. The predicted molar refractivity (Wildman–Crippen MR) is 89.3 cm³/mol. The number of rotatable bonds is 4. The van der Waals surface area contributed by atoms with Crippen LogP contribution < -0.4 is 0 Å². The Hall–Kier alpha value is -1.36. The topological polar surface area (TPSA) is 47.4 Å². The zero-order valence-electron chi connectivity index (χ0n) is 14.7. The summed E-state index contributed by atoms with van der Waals surface area (Å²) in [6.45, 7) is 9.81. The van der Waals surface area contributed by atoms with Gasteiger partial charge in [0.1, 0.15) is 0 Å². The molecule has 23 heavy (non-hydrogen) atoms. The highest BCUT2D eigenvalue weighted by Crippen LogP contribution is 2.25. The maximum absolute atomic E-state index is 12.5. The highest BCUT2D eigenvalue weighted by Gasteiger charge is 2.24. The summed E-state index contributed by atoms with van der Waals surface area (Å²) in [7, 11) is 0. The molecule has 1 aromatic rings. The minimum Gasteiger partial charge on any atom is -0.376 e. The molecule has 0 aliphatic carbocycles. The first-order valence-corrected chi connectivity index (χ1v) is 9.01. The molecule has 0 saturated carbocycles. The Kier molecular flexibility index (Phi) is 5.05.